The first-order valence-corrected chi connectivity index (χ1v) is 7.55. The third kappa shape index (κ3) is 2.14. The number of benzene rings is 2. The van der Waals surface area contributed by atoms with Crippen molar-refractivity contribution in [2.45, 2.75) is 19.4 Å². The van der Waals surface area contributed by atoms with Gasteiger partial charge in [0.05, 0.1) is 0 Å². The molecular formula is C18H18N2O. The van der Waals surface area contributed by atoms with Gasteiger partial charge in [0.15, 0.2) is 0 Å². The highest BCUT2D eigenvalue weighted by Crippen LogP contribution is 2.27. The van der Waals surface area contributed by atoms with Gasteiger partial charge in [-0.2, -0.15) is 0 Å². The van der Waals surface area contributed by atoms with E-state index in [9.17, 15) is 4.79 Å². The molecular weight excluding hydrogens is 260 g/mol. The zero-order chi connectivity index (χ0) is 14.2. The Morgan fingerprint density at radius 2 is 1.86 bits per heavy atom. The Hall–Kier alpha value is -2.13. The van der Waals surface area contributed by atoms with E-state index in [1.165, 1.54) is 16.7 Å². The van der Waals surface area contributed by atoms with E-state index in [-0.39, 0.29) is 5.91 Å². The molecule has 1 amide bonds. The predicted molar refractivity (Wildman–Crippen MR) is 83.7 cm³/mol. The maximum absolute atomic E-state index is 12.7. The summed E-state index contributed by atoms with van der Waals surface area (Å²) < 4.78 is 0. The van der Waals surface area contributed by atoms with Gasteiger partial charge in [0.25, 0.3) is 5.91 Å². The number of nitrogens with one attached hydrogen (secondary N) is 1. The normalized spacial score (nSPS) is 17.3. The molecule has 4 rings (SSSR count). The van der Waals surface area contributed by atoms with Gasteiger partial charge in [0.2, 0.25) is 0 Å². The van der Waals surface area contributed by atoms with Crippen molar-refractivity contribution >= 4 is 11.6 Å². The molecule has 1 N–H and O–H groups in total. The van der Waals surface area contributed by atoms with Crippen molar-refractivity contribution in [2.75, 3.05) is 18.0 Å². The van der Waals surface area contributed by atoms with Crippen molar-refractivity contribution in [1.82, 2.24) is 5.32 Å². The van der Waals surface area contributed by atoms with E-state index >= 15 is 0 Å². The number of amides is 1. The second kappa shape index (κ2) is 5.01. The fourth-order valence-electron chi connectivity index (χ4n) is 3.31. The van der Waals surface area contributed by atoms with Crippen molar-refractivity contribution in [3.63, 3.8) is 0 Å². The van der Waals surface area contributed by atoms with Crippen molar-refractivity contribution in [3.8, 4) is 0 Å². The molecule has 2 aromatic rings. The maximum Gasteiger partial charge on any atom is 0.258 e. The molecule has 0 atom stereocenters. The Bertz CT molecular complexity index is 708. The number of carbonyl (C=O) groups is 1. The molecule has 2 aliphatic rings. The zero-order valence-corrected chi connectivity index (χ0v) is 11.9. The summed E-state index contributed by atoms with van der Waals surface area (Å²) in [6, 6.07) is 14.4. The van der Waals surface area contributed by atoms with Gasteiger partial charge in [0, 0.05) is 24.3 Å². The van der Waals surface area contributed by atoms with Crippen LogP contribution in [0.5, 0.6) is 0 Å². The first kappa shape index (κ1) is 12.6. The lowest BCUT2D eigenvalue weighted by Gasteiger charge is -2.30. The molecule has 0 aliphatic carbocycles. The van der Waals surface area contributed by atoms with Crippen LogP contribution in [0.25, 0.3) is 0 Å². The molecule has 0 saturated heterocycles. The quantitative estimate of drug-likeness (QED) is 0.869. The molecule has 2 aromatic carbocycles. The Balaban J connectivity index is 1.70. The zero-order valence-electron chi connectivity index (χ0n) is 11.9. The standard InChI is InChI=1S/C18H18N2O/c21-18-17-4-2-1-3-14(17)8-10-20(18)16-6-5-13-7-9-19-12-15(13)11-16/h1-6,11,19H,7-10,12H2. The highest BCUT2D eigenvalue weighted by molar-refractivity contribution is 6.08. The second-order valence-electron chi connectivity index (χ2n) is 5.74. The summed E-state index contributed by atoms with van der Waals surface area (Å²) in [6.07, 6.45) is 2.00. The van der Waals surface area contributed by atoms with Crippen LogP contribution in [-0.2, 0) is 19.4 Å². The molecule has 2 aliphatic heterocycles. The van der Waals surface area contributed by atoms with Gasteiger partial charge in [-0.25, -0.2) is 0 Å². The Labute approximate surface area is 124 Å². The van der Waals surface area contributed by atoms with E-state index in [4.69, 9.17) is 0 Å². The van der Waals surface area contributed by atoms with Crippen LogP contribution in [0.1, 0.15) is 27.0 Å². The molecule has 0 fully saturated rings. The topological polar surface area (TPSA) is 32.3 Å². The molecule has 106 valence electrons. The first-order chi connectivity index (χ1) is 10.3. The maximum atomic E-state index is 12.7. The lowest BCUT2D eigenvalue weighted by atomic mass is 9.96. The van der Waals surface area contributed by atoms with Crippen LogP contribution in [0.15, 0.2) is 42.5 Å². The van der Waals surface area contributed by atoms with E-state index in [1.807, 2.05) is 23.1 Å². The summed E-state index contributed by atoms with van der Waals surface area (Å²) >= 11 is 0. The van der Waals surface area contributed by atoms with Gasteiger partial charge >= 0.3 is 0 Å². The molecule has 0 aromatic heterocycles. The molecule has 2 heterocycles. The summed E-state index contributed by atoms with van der Waals surface area (Å²) in [7, 11) is 0. The number of anilines is 1. The Morgan fingerprint density at radius 3 is 2.81 bits per heavy atom. The predicted octanol–water partition coefficient (Wildman–Crippen LogP) is 2.54. The fraction of sp³-hybridized carbons (Fsp3) is 0.278. The average Bonchev–Trinajstić information content (AvgIpc) is 2.55. The minimum absolute atomic E-state index is 0.126. The SMILES string of the molecule is O=C1c2ccccc2CCN1c1ccc2c(c1)CNCC2. The van der Waals surface area contributed by atoms with E-state index in [0.29, 0.717) is 0 Å². The summed E-state index contributed by atoms with van der Waals surface area (Å²) in [5, 5.41) is 3.39. The third-order valence-electron chi connectivity index (χ3n) is 4.49. The van der Waals surface area contributed by atoms with Gasteiger partial charge < -0.3 is 10.2 Å². The molecule has 0 radical (unpaired) electrons. The highest BCUT2D eigenvalue weighted by Gasteiger charge is 2.25. The largest absolute Gasteiger partial charge is 0.312 e. The van der Waals surface area contributed by atoms with Gasteiger partial charge in [0.1, 0.15) is 0 Å². The summed E-state index contributed by atoms with van der Waals surface area (Å²) in [6.45, 7) is 2.71. The van der Waals surface area contributed by atoms with Crippen molar-refractivity contribution < 1.29 is 4.79 Å². The lowest BCUT2D eigenvalue weighted by molar-refractivity contribution is 0.0980. The van der Waals surface area contributed by atoms with Crippen LogP contribution in [0.2, 0.25) is 0 Å². The molecule has 3 heteroatoms. The van der Waals surface area contributed by atoms with Crippen LogP contribution in [0, 0.1) is 0 Å². The van der Waals surface area contributed by atoms with Crippen LogP contribution in [0.3, 0.4) is 0 Å². The second-order valence-corrected chi connectivity index (χ2v) is 5.74. The summed E-state index contributed by atoms with van der Waals surface area (Å²) in [4.78, 5) is 14.6. The summed E-state index contributed by atoms with van der Waals surface area (Å²) in [5.41, 5.74) is 5.77. The van der Waals surface area contributed by atoms with E-state index in [0.717, 1.165) is 43.7 Å². The molecule has 0 unspecified atom stereocenters. The lowest BCUT2D eigenvalue weighted by Crippen LogP contribution is -2.37. The van der Waals surface area contributed by atoms with E-state index in [2.05, 4.69) is 29.6 Å². The number of carbonyl (C=O) groups excluding carboxylic acids is 1. The number of rotatable bonds is 1. The van der Waals surface area contributed by atoms with Crippen molar-refractivity contribution in [2.24, 2.45) is 0 Å². The molecule has 21 heavy (non-hydrogen) atoms. The van der Waals surface area contributed by atoms with Crippen molar-refractivity contribution in [1.29, 1.82) is 0 Å². The van der Waals surface area contributed by atoms with Crippen molar-refractivity contribution in [3.05, 3.63) is 64.7 Å². The Morgan fingerprint density at radius 1 is 0.952 bits per heavy atom. The molecule has 0 spiro atoms. The van der Waals surface area contributed by atoms with Gasteiger partial charge in [-0.1, -0.05) is 24.3 Å². The van der Waals surface area contributed by atoms with E-state index in [1.54, 1.807) is 0 Å². The summed E-state index contributed by atoms with van der Waals surface area (Å²) in [5.74, 6) is 0.126. The molecule has 0 saturated carbocycles. The van der Waals surface area contributed by atoms with Gasteiger partial charge in [-0.05, 0) is 54.3 Å². The van der Waals surface area contributed by atoms with Crippen LogP contribution >= 0.6 is 0 Å². The highest BCUT2D eigenvalue weighted by atomic mass is 16.2. The fourth-order valence-corrected chi connectivity index (χ4v) is 3.31. The number of hydrogen-bond acceptors (Lipinski definition) is 2. The van der Waals surface area contributed by atoms with E-state index < -0.39 is 0 Å². The average molecular weight is 278 g/mol. The first-order valence-electron chi connectivity index (χ1n) is 7.55. The minimum atomic E-state index is 0.126. The van der Waals surface area contributed by atoms with Crippen LogP contribution in [0.4, 0.5) is 5.69 Å². The number of hydrogen-bond donors (Lipinski definition) is 1. The number of fused-ring (bicyclic) bond motifs is 2. The molecule has 0 bridgehead atoms. The van der Waals surface area contributed by atoms with Gasteiger partial charge in [-0.3, -0.25) is 4.79 Å². The smallest absolute Gasteiger partial charge is 0.258 e. The monoisotopic (exact) mass is 278 g/mol. The van der Waals surface area contributed by atoms with Crippen LogP contribution in [-0.4, -0.2) is 19.0 Å². The Kier molecular flexibility index (Phi) is 3.00. The van der Waals surface area contributed by atoms with Crippen LogP contribution < -0.4 is 10.2 Å². The van der Waals surface area contributed by atoms with Gasteiger partial charge in [-0.15, -0.1) is 0 Å². The molecule has 3 nitrogen and oxygen atoms in total. The minimum Gasteiger partial charge on any atom is -0.312 e. The number of nitrogens with zero attached hydrogens (tertiary/aromatic N) is 1. The third-order valence-corrected chi connectivity index (χ3v) is 4.49.